The summed E-state index contributed by atoms with van der Waals surface area (Å²) in [6, 6.07) is 3.65. The van der Waals surface area contributed by atoms with E-state index in [1.807, 2.05) is 39.8 Å². The number of hydrogen-bond donors (Lipinski definition) is 1. The van der Waals surface area contributed by atoms with Crippen molar-refractivity contribution in [2.45, 2.75) is 45.8 Å². The van der Waals surface area contributed by atoms with E-state index in [1.165, 1.54) is 11.3 Å². The highest BCUT2D eigenvalue weighted by Gasteiger charge is 2.52. The molecule has 1 aliphatic rings. The number of rotatable bonds is 4. The van der Waals surface area contributed by atoms with Gasteiger partial charge in [0.15, 0.2) is 5.78 Å². The number of carbonyl (C=O) groups is 1. The summed E-state index contributed by atoms with van der Waals surface area (Å²) < 4.78 is 11.9. The first-order valence-electron chi connectivity index (χ1n) is 6.94. The lowest BCUT2D eigenvalue weighted by atomic mass is 9.78. The van der Waals surface area contributed by atoms with E-state index in [4.69, 9.17) is 9.31 Å². The van der Waals surface area contributed by atoms with E-state index in [0.717, 1.165) is 4.88 Å². The maximum absolute atomic E-state index is 11.3. The number of carbonyl (C=O) groups excluding carboxylic acids is 1. The van der Waals surface area contributed by atoms with Gasteiger partial charge in [0.2, 0.25) is 0 Å². The number of Topliss-reactive ketones (excluding diaryl/α,β-unsaturated/α-hetero) is 1. The van der Waals surface area contributed by atoms with Crippen LogP contribution in [0.2, 0.25) is 0 Å². The van der Waals surface area contributed by atoms with Crippen LogP contribution in [0.5, 0.6) is 0 Å². The molecule has 0 spiro atoms. The molecular weight excluding hydrogens is 287 g/mol. The normalized spacial score (nSPS) is 20.9. The smallest absolute Gasteiger partial charge is 0.400 e. The van der Waals surface area contributed by atoms with Crippen molar-refractivity contribution in [3.05, 3.63) is 27.4 Å². The SMILES string of the molecule is CC(=O)c1ccc(C=C(CO)B2OC(C)(C)C(C)(C)O2)s1. The first-order valence-corrected chi connectivity index (χ1v) is 7.76. The van der Waals surface area contributed by atoms with Crippen LogP contribution in [0.1, 0.15) is 49.2 Å². The van der Waals surface area contributed by atoms with Gasteiger partial charge >= 0.3 is 7.12 Å². The number of hydrogen-bond acceptors (Lipinski definition) is 5. The van der Waals surface area contributed by atoms with Gasteiger partial charge in [-0.25, -0.2) is 0 Å². The molecule has 0 aromatic carbocycles. The zero-order valence-electron chi connectivity index (χ0n) is 13.1. The molecule has 0 amide bonds. The fourth-order valence-corrected chi connectivity index (χ4v) is 2.87. The van der Waals surface area contributed by atoms with Crippen LogP contribution < -0.4 is 0 Å². The summed E-state index contributed by atoms with van der Waals surface area (Å²) in [7, 11) is -0.567. The molecule has 0 radical (unpaired) electrons. The molecule has 1 aromatic rings. The van der Waals surface area contributed by atoms with Gasteiger partial charge in [-0.2, -0.15) is 0 Å². The summed E-state index contributed by atoms with van der Waals surface area (Å²) in [5.41, 5.74) is -0.219. The highest BCUT2D eigenvalue weighted by Crippen LogP contribution is 2.38. The molecule has 0 bridgehead atoms. The Morgan fingerprint density at radius 2 is 1.86 bits per heavy atom. The Kier molecular flexibility index (Phi) is 4.45. The lowest BCUT2D eigenvalue weighted by molar-refractivity contribution is 0.00578. The lowest BCUT2D eigenvalue weighted by Crippen LogP contribution is -2.41. The third kappa shape index (κ3) is 3.29. The minimum atomic E-state index is -0.567. The molecule has 0 aliphatic carbocycles. The van der Waals surface area contributed by atoms with E-state index < -0.39 is 18.3 Å². The Labute approximate surface area is 129 Å². The minimum Gasteiger partial charge on any atom is -0.400 e. The highest BCUT2D eigenvalue weighted by molar-refractivity contribution is 7.14. The monoisotopic (exact) mass is 308 g/mol. The Balaban J connectivity index is 2.24. The lowest BCUT2D eigenvalue weighted by Gasteiger charge is -2.32. The fourth-order valence-electron chi connectivity index (χ4n) is 1.99. The summed E-state index contributed by atoms with van der Waals surface area (Å²) in [6.07, 6.45) is 1.83. The summed E-state index contributed by atoms with van der Waals surface area (Å²) in [5, 5.41) is 9.61. The number of thiophene rings is 1. The van der Waals surface area contributed by atoms with Crippen molar-refractivity contribution in [1.29, 1.82) is 0 Å². The van der Waals surface area contributed by atoms with E-state index in [0.29, 0.717) is 10.3 Å². The van der Waals surface area contributed by atoms with Gasteiger partial charge < -0.3 is 14.4 Å². The zero-order valence-corrected chi connectivity index (χ0v) is 13.9. The van der Waals surface area contributed by atoms with Gasteiger partial charge in [-0.15, -0.1) is 11.3 Å². The van der Waals surface area contributed by atoms with Crippen LogP contribution >= 0.6 is 11.3 Å². The maximum Gasteiger partial charge on any atom is 0.492 e. The second-order valence-electron chi connectivity index (χ2n) is 6.22. The minimum absolute atomic E-state index is 0.0424. The summed E-state index contributed by atoms with van der Waals surface area (Å²) >= 11 is 1.40. The van der Waals surface area contributed by atoms with Crippen molar-refractivity contribution < 1.29 is 19.2 Å². The Hall–Kier alpha value is -0.945. The average Bonchev–Trinajstić information content (AvgIpc) is 2.90. The molecule has 1 fully saturated rings. The molecule has 21 heavy (non-hydrogen) atoms. The van der Waals surface area contributed by atoms with Crippen LogP contribution in [0, 0.1) is 0 Å². The fraction of sp³-hybridized carbons (Fsp3) is 0.533. The quantitative estimate of drug-likeness (QED) is 0.686. The van der Waals surface area contributed by atoms with E-state index in [1.54, 1.807) is 13.0 Å². The Morgan fingerprint density at radius 1 is 1.29 bits per heavy atom. The maximum atomic E-state index is 11.3. The molecule has 1 N–H and O–H groups in total. The topological polar surface area (TPSA) is 55.8 Å². The molecule has 6 heteroatoms. The van der Waals surface area contributed by atoms with E-state index in [2.05, 4.69) is 0 Å². The van der Waals surface area contributed by atoms with Gasteiger partial charge in [-0.05, 0) is 58.3 Å². The number of ketones is 1. The predicted molar refractivity (Wildman–Crippen MR) is 85.5 cm³/mol. The second kappa shape index (κ2) is 5.68. The van der Waals surface area contributed by atoms with Gasteiger partial charge in [0.1, 0.15) is 0 Å². The largest absolute Gasteiger partial charge is 0.492 e. The van der Waals surface area contributed by atoms with Crippen molar-refractivity contribution in [2.24, 2.45) is 0 Å². The highest BCUT2D eigenvalue weighted by atomic mass is 32.1. The van der Waals surface area contributed by atoms with Crippen LogP contribution in [0.3, 0.4) is 0 Å². The standard InChI is InChI=1S/C15H21BO4S/c1-10(18)13-7-6-12(21-13)8-11(9-17)16-19-14(2,3)15(4,5)20-16/h6-8,17H,9H2,1-5H3. The van der Waals surface area contributed by atoms with E-state index in [9.17, 15) is 9.90 Å². The molecular formula is C15H21BO4S. The summed E-state index contributed by atoms with van der Waals surface area (Å²) in [5.74, 6) is 0.0424. The van der Waals surface area contributed by atoms with Gasteiger partial charge in [0.25, 0.3) is 0 Å². The van der Waals surface area contributed by atoms with Crippen LogP contribution in [0.15, 0.2) is 17.6 Å². The third-order valence-corrected chi connectivity index (χ3v) is 5.17. The number of aliphatic hydroxyl groups excluding tert-OH is 1. The van der Waals surface area contributed by atoms with Crippen LogP contribution in [-0.2, 0) is 9.31 Å². The van der Waals surface area contributed by atoms with Gasteiger partial charge in [0, 0.05) is 4.88 Å². The third-order valence-electron chi connectivity index (χ3n) is 4.04. The second-order valence-corrected chi connectivity index (χ2v) is 7.34. The number of aliphatic hydroxyl groups is 1. The van der Waals surface area contributed by atoms with Crippen molar-refractivity contribution in [3.63, 3.8) is 0 Å². The van der Waals surface area contributed by atoms with Gasteiger partial charge in [-0.1, -0.05) is 0 Å². The molecule has 2 heterocycles. The van der Waals surface area contributed by atoms with Crippen molar-refractivity contribution in [2.75, 3.05) is 6.61 Å². The van der Waals surface area contributed by atoms with Crippen LogP contribution in [-0.4, -0.2) is 35.8 Å². The Bertz CT molecular complexity index is 558. The molecule has 1 saturated heterocycles. The summed E-state index contributed by atoms with van der Waals surface area (Å²) in [4.78, 5) is 12.9. The van der Waals surface area contributed by atoms with Gasteiger partial charge in [0.05, 0.1) is 22.7 Å². The van der Waals surface area contributed by atoms with E-state index >= 15 is 0 Å². The molecule has 0 saturated carbocycles. The molecule has 114 valence electrons. The Morgan fingerprint density at radius 3 is 2.29 bits per heavy atom. The zero-order chi connectivity index (χ0) is 15.8. The van der Waals surface area contributed by atoms with Crippen molar-refractivity contribution in [3.8, 4) is 0 Å². The van der Waals surface area contributed by atoms with E-state index in [-0.39, 0.29) is 12.4 Å². The molecule has 0 unspecified atom stereocenters. The predicted octanol–water partition coefficient (Wildman–Crippen LogP) is 2.96. The molecule has 1 aliphatic heterocycles. The molecule has 2 rings (SSSR count). The van der Waals surface area contributed by atoms with Crippen LogP contribution in [0.4, 0.5) is 0 Å². The van der Waals surface area contributed by atoms with Crippen molar-refractivity contribution in [1.82, 2.24) is 0 Å². The first-order chi connectivity index (χ1) is 9.66. The summed E-state index contributed by atoms with van der Waals surface area (Å²) in [6.45, 7) is 9.29. The first kappa shape index (κ1) is 16.4. The molecule has 0 atom stereocenters. The molecule has 4 nitrogen and oxygen atoms in total. The van der Waals surface area contributed by atoms with Gasteiger partial charge in [-0.3, -0.25) is 4.79 Å². The molecule has 1 aromatic heterocycles. The van der Waals surface area contributed by atoms with Crippen LogP contribution in [0.25, 0.3) is 6.08 Å². The van der Waals surface area contributed by atoms with Crippen molar-refractivity contribution >= 4 is 30.3 Å². The average molecular weight is 308 g/mol.